The quantitative estimate of drug-likeness (QED) is 0.566. The van der Waals surface area contributed by atoms with Gasteiger partial charge in [-0.25, -0.2) is 5.48 Å². The molecule has 1 saturated heterocycles. The Bertz CT molecular complexity index is 305. The lowest BCUT2D eigenvalue weighted by molar-refractivity contribution is -0.148. The fourth-order valence-corrected chi connectivity index (χ4v) is 2.75. The van der Waals surface area contributed by atoms with Crippen LogP contribution in [0.5, 0.6) is 0 Å². The predicted molar refractivity (Wildman–Crippen MR) is 72.1 cm³/mol. The monoisotopic (exact) mass is 270 g/mol. The van der Waals surface area contributed by atoms with E-state index in [1.165, 1.54) is 0 Å². The van der Waals surface area contributed by atoms with Crippen LogP contribution in [0.15, 0.2) is 0 Å². The van der Waals surface area contributed by atoms with E-state index in [-0.39, 0.29) is 17.6 Å². The van der Waals surface area contributed by atoms with Crippen molar-refractivity contribution in [3.05, 3.63) is 0 Å². The summed E-state index contributed by atoms with van der Waals surface area (Å²) in [6.45, 7) is 4.28. The van der Waals surface area contributed by atoms with Crippen molar-refractivity contribution in [1.29, 1.82) is 0 Å². The first-order chi connectivity index (χ1) is 9.12. The van der Waals surface area contributed by atoms with E-state index in [2.05, 4.69) is 10.4 Å². The fourth-order valence-electron chi connectivity index (χ4n) is 2.75. The summed E-state index contributed by atoms with van der Waals surface area (Å²) in [5, 5.41) is 9.78. The van der Waals surface area contributed by atoms with Gasteiger partial charge >= 0.3 is 0 Å². The van der Waals surface area contributed by atoms with Crippen molar-refractivity contribution in [1.82, 2.24) is 10.4 Å². The minimum Gasteiger partial charge on any atom is -0.378 e. The molecule has 2 rings (SSSR count). The van der Waals surface area contributed by atoms with Crippen molar-refractivity contribution >= 4 is 5.91 Å². The lowest BCUT2D eigenvalue weighted by atomic mass is 9.70. The van der Waals surface area contributed by atoms with E-state index < -0.39 is 0 Å². The van der Waals surface area contributed by atoms with Crippen LogP contribution in [0.1, 0.15) is 51.9 Å². The first kappa shape index (κ1) is 14.8. The van der Waals surface area contributed by atoms with Gasteiger partial charge in [-0.05, 0) is 38.5 Å². The van der Waals surface area contributed by atoms with Gasteiger partial charge in [0, 0.05) is 18.5 Å². The molecule has 0 spiro atoms. The maximum Gasteiger partial charge on any atom is 0.249 e. The number of nitrogens with one attached hydrogen (secondary N) is 1. The second-order valence-corrected chi connectivity index (χ2v) is 6.06. The summed E-state index contributed by atoms with van der Waals surface area (Å²) in [6, 6.07) is 0. The Hall–Kier alpha value is -0.650. The maximum absolute atomic E-state index is 11.8. The molecular weight excluding hydrogens is 244 g/mol. The molecule has 0 aromatic rings. The van der Waals surface area contributed by atoms with Crippen molar-refractivity contribution in [2.45, 2.75) is 58.1 Å². The number of nitrogens with zero attached hydrogens (tertiary/aromatic N) is 1. The first-order valence-corrected chi connectivity index (χ1v) is 7.46. The summed E-state index contributed by atoms with van der Waals surface area (Å²) in [6.07, 6.45) is 6.73. The van der Waals surface area contributed by atoms with Gasteiger partial charge in [-0.1, -0.05) is 13.3 Å². The van der Waals surface area contributed by atoms with Crippen LogP contribution in [0, 0.1) is 5.41 Å². The predicted octanol–water partition coefficient (Wildman–Crippen LogP) is 1.42. The summed E-state index contributed by atoms with van der Waals surface area (Å²) in [5.41, 5.74) is 2.35. The fraction of sp³-hybridized carbons (Fsp3) is 0.929. The van der Waals surface area contributed by atoms with Crippen LogP contribution >= 0.6 is 0 Å². The van der Waals surface area contributed by atoms with Crippen LogP contribution in [-0.2, 0) is 9.63 Å². The van der Waals surface area contributed by atoms with Crippen LogP contribution in [-0.4, -0.2) is 41.8 Å². The molecule has 1 atom stereocenters. The number of carbonyl (C=O) groups excluding carboxylic acids is 1. The summed E-state index contributed by atoms with van der Waals surface area (Å²) >= 11 is 0. The van der Waals surface area contributed by atoms with Crippen molar-refractivity contribution in [3.63, 3.8) is 0 Å². The van der Waals surface area contributed by atoms with E-state index in [0.29, 0.717) is 6.61 Å². The lowest BCUT2D eigenvalue weighted by Crippen LogP contribution is -2.44. The number of hydroxylamine groups is 1. The molecule has 5 nitrogen and oxygen atoms in total. The second-order valence-electron chi connectivity index (χ2n) is 6.06. The minimum atomic E-state index is -0.294. The highest BCUT2D eigenvalue weighted by Gasteiger charge is 2.39. The molecule has 0 bridgehead atoms. The molecule has 1 aliphatic heterocycles. The Morgan fingerprint density at radius 3 is 2.84 bits per heavy atom. The lowest BCUT2D eigenvalue weighted by Gasteiger charge is -2.36. The molecule has 0 radical (unpaired) electrons. The average Bonchev–Trinajstić information content (AvgIpc) is 2.37. The summed E-state index contributed by atoms with van der Waals surface area (Å²) in [5.74, 6) is 0.0109. The second kappa shape index (κ2) is 6.68. The number of likely N-dealkylation sites (tertiary alicyclic amines) is 1. The Labute approximate surface area is 115 Å². The van der Waals surface area contributed by atoms with Gasteiger partial charge in [0.25, 0.3) is 0 Å². The molecule has 19 heavy (non-hydrogen) atoms. The van der Waals surface area contributed by atoms with Crippen molar-refractivity contribution in [2.24, 2.45) is 5.41 Å². The molecule has 1 aliphatic carbocycles. The van der Waals surface area contributed by atoms with Crippen LogP contribution in [0.2, 0.25) is 0 Å². The van der Waals surface area contributed by atoms with E-state index >= 15 is 0 Å². The number of amides is 1. The van der Waals surface area contributed by atoms with Gasteiger partial charge in [0.15, 0.2) is 0 Å². The van der Waals surface area contributed by atoms with Crippen LogP contribution in [0.4, 0.5) is 0 Å². The molecule has 2 N–H and O–H groups in total. The van der Waals surface area contributed by atoms with Gasteiger partial charge < -0.3 is 5.11 Å². The van der Waals surface area contributed by atoms with Crippen molar-refractivity contribution < 1.29 is 14.7 Å². The maximum atomic E-state index is 11.8. The molecule has 5 heteroatoms. The third kappa shape index (κ3) is 3.91. The van der Waals surface area contributed by atoms with Crippen molar-refractivity contribution in [2.75, 3.05) is 19.7 Å². The number of aliphatic hydroxyl groups excluding tert-OH is 1. The Morgan fingerprint density at radius 2 is 2.21 bits per heavy atom. The molecule has 0 aromatic carbocycles. The number of piperidine rings is 1. The zero-order valence-electron chi connectivity index (χ0n) is 11.9. The minimum absolute atomic E-state index is 0.0109. The Kier molecular flexibility index (Phi) is 5.19. The number of aliphatic hydroxyl groups is 1. The number of carbonyl (C=O) groups is 1. The van der Waals surface area contributed by atoms with E-state index in [9.17, 15) is 9.90 Å². The van der Waals surface area contributed by atoms with Gasteiger partial charge in [-0.2, -0.15) is 0 Å². The number of hydrogen-bond donors (Lipinski definition) is 2. The number of hydrogen-bond acceptors (Lipinski definition) is 4. The highest BCUT2D eigenvalue weighted by molar-refractivity contribution is 5.82. The topological polar surface area (TPSA) is 61.8 Å². The highest BCUT2D eigenvalue weighted by atomic mass is 16.6. The van der Waals surface area contributed by atoms with Gasteiger partial charge in [-0.15, -0.1) is 0 Å². The zero-order chi connectivity index (χ0) is 13.7. The molecule has 0 aromatic heterocycles. The Balaban J connectivity index is 1.53. The Morgan fingerprint density at radius 1 is 1.42 bits per heavy atom. The smallest absolute Gasteiger partial charge is 0.249 e. The summed E-state index contributed by atoms with van der Waals surface area (Å²) in [4.78, 5) is 19.1. The molecule has 1 unspecified atom stereocenters. The summed E-state index contributed by atoms with van der Waals surface area (Å²) in [7, 11) is 0. The zero-order valence-corrected chi connectivity index (χ0v) is 11.9. The van der Waals surface area contributed by atoms with Crippen LogP contribution in [0.25, 0.3) is 0 Å². The molecule has 1 amide bonds. The standard InChI is InChI=1S/C14H26N2O3/c1-14(7-4-8-14)13(18)15-19-11-5-10-16-9-3-2-6-12(16)17/h12,17H,2-11H2,1H3,(H,15,18). The van der Waals surface area contributed by atoms with Gasteiger partial charge in [-0.3, -0.25) is 14.5 Å². The molecule has 2 aliphatic rings. The first-order valence-electron chi connectivity index (χ1n) is 7.46. The van der Waals surface area contributed by atoms with Crippen molar-refractivity contribution in [3.8, 4) is 0 Å². The molecule has 1 heterocycles. The number of rotatable bonds is 6. The highest BCUT2D eigenvalue weighted by Crippen LogP contribution is 2.40. The van der Waals surface area contributed by atoms with Gasteiger partial charge in [0.2, 0.25) is 5.91 Å². The van der Waals surface area contributed by atoms with E-state index in [0.717, 1.165) is 58.0 Å². The molecule has 1 saturated carbocycles. The average molecular weight is 270 g/mol. The largest absolute Gasteiger partial charge is 0.378 e. The van der Waals surface area contributed by atoms with Gasteiger partial charge in [0.1, 0.15) is 6.23 Å². The third-order valence-corrected chi connectivity index (χ3v) is 4.44. The molecule has 110 valence electrons. The van der Waals surface area contributed by atoms with E-state index in [4.69, 9.17) is 4.84 Å². The normalized spacial score (nSPS) is 26.7. The van der Waals surface area contributed by atoms with Crippen LogP contribution in [0.3, 0.4) is 0 Å². The summed E-state index contributed by atoms with van der Waals surface area (Å²) < 4.78 is 0. The van der Waals surface area contributed by atoms with E-state index in [1.807, 2.05) is 6.92 Å². The van der Waals surface area contributed by atoms with Gasteiger partial charge in [0.05, 0.1) is 6.61 Å². The third-order valence-electron chi connectivity index (χ3n) is 4.44. The van der Waals surface area contributed by atoms with Crippen LogP contribution < -0.4 is 5.48 Å². The van der Waals surface area contributed by atoms with E-state index in [1.54, 1.807) is 0 Å². The molecular formula is C14H26N2O3. The molecule has 2 fully saturated rings. The SMILES string of the molecule is CC1(C(=O)NOCCCN2CCCCC2O)CCC1.